The van der Waals surface area contributed by atoms with Gasteiger partial charge in [-0.1, -0.05) is 40.5 Å². The van der Waals surface area contributed by atoms with Crippen LogP contribution in [0.15, 0.2) is 0 Å². The van der Waals surface area contributed by atoms with Crippen LogP contribution in [0, 0.1) is 11.3 Å². The topological polar surface area (TPSA) is 9.23 Å². The van der Waals surface area contributed by atoms with Gasteiger partial charge in [-0.2, -0.15) is 0 Å². The number of halogens is 2. The highest BCUT2D eigenvalue weighted by atomic mass is 19.3. The molecule has 0 fully saturated rings. The van der Waals surface area contributed by atoms with Crippen LogP contribution in [0.4, 0.5) is 8.78 Å². The van der Waals surface area contributed by atoms with Crippen molar-refractivity contribution in [1.29, 1.82) is 0 Å². The molecule has 3 heteroatoms. The fourth-order valence-corrected chi connectivity index (χ4v) is 1.88. The van der Waals surface area contributed by atoms with Crippen molar-refractivity contribution in [3.8, 4) is 0 Å². The molecule has 0 aromatic rings. The molecule has 0 aromatic heterocycles. The largest absolute Gasteiger partial charge is 0.381 e. The van der Waals surface area contributed by atoms with Crippen LogP contribution in [0.5, 0.6) is 0 Å². The minimum absolute atomic E-state index is 0.0244. The molecule has 0 saturated carbocycles. The number of hydrogen-bond donors (Lipinski definition) is 0. The van der Waals surface area contributed by atoms with Crippen LogP contribution < -0.4 is 0 Å². The third-order valence-electron chi connectivity index (χ3n) is 3.41. The van der Waals surface area contributed by atoms with Crippen molar-refractivity contribution in [3.05, 3.63) is 0 Å². The van der Waals surface area contributed by atoms with Crippen LogP contribution in [-0.2, 0) is 4.74 Å². The minimum atomic E-state index is -2.50. The molecule has 0 atom stereocenters. The van der Waals surface area contributed by atoms with E-state index >= 15 is 0 Å². The standard InChI is InChI=1S/C15H30F2O/c1-6-18-12-14(4,5)10-8-7-9-11-15(16,17)13(2)3/h13H,6-12H2,1-5H3. The van der Waals surface area contributed by atoms with Crippen molar-refractivity contribution >= 4 is 0 Å². The van der Waals surface area contributed by atoms with Gasteiger partial charge in [-0.15, -0.1) is 0 Å². The highest BCUT2D eigenvalue weighted by Gasteiger charge is 2.32. The molecular formula is C15H30F2O. The maximum Gasteiger partial charge on any atom is 0.250 e. The fraction of sp³-hybridized carbons (Fsp3) is 1.00. The molecule has 0 aliphatic rings. The molecule has 0 amide bonds. The molecule has 0 bridgehead atoms. The first-order valence-electron chi connectivity index (χ1n) is 7.17. The number of hydrogen-bond acceptors (Lipinski definition) is 1. The maximum absolute atomic E-state index is 13.4. The van der Waals surface area contributed by atoms with E-state index in [0.717, 1.165) is 32.5 Å². The normalized spacial score (nSPS) is 13.3. The van der Waals surface area contributed by atoms with Gasteiger partial charge in [-0.05, 0) is 25.2 Å². The Bertz CT molecular complexity index is 213. The first kappa shape index (κ1) is 17.8. The van der Waals surface area contributed by atoms with E-state index in [-0.39, 0.29) is 11.8 Å². The molecule has 0 aliphatic heterocycles. The Balaban J connectivity index is 3.68. The second kappa shape index (κ2) is 8.08. The zero-order valence-corrected chi connectivity index (χ0v) is 12.7. The van der Waals surface area contributed by atoms with Gasteiger partial charge in [0.15, 0.2) is 0 Å². The van der Waals surface area contributed by atoms with Gasteiger partial charge in [-0.25, -0.2) is 8.78 Å². The Morgan fingerprint density at radius 3 is 2.06 bits per heavy atom. The van der Waals surface area contributed by atoms with Crippen molar-refractivity contribution in [1.82, 2.24) is 0 Å². The van der Waals surface area contributed by atoms with E-state index < -0.39 is 11.8 Å². The third-order valence-corrected chi connectivity index (χ3v) is 3.41. The monoisotopic (exact) mass is 264 g/mol. The lowest BCUT2D eigenvalue weighted by Gasteiger charge is -2.24. The summed E-state index contributed by atoms with van der Waals surface area (Å²) in [6.45, 7) is 11.0. The van der Waals surface area contributed by atoms with E-state index in [9.17, 15) is 8.78 Å². The Morgan fingerprint density at radius 2 is 1.56 bits per heavy atom. The number of ether oxygens (including phenoxy) is 1. The molecule has 0 saturated heterocycles. The predicted molar refractivity (Wildman–Crippen MR) is 73.1 cm³/mol. The lowest BCUT2D eigenvalue weighted by molar-refractivity contribution is -0.0542. The van der Waals surface area contributed by atoms with Gasteiger partial charge < -0.3 is 4.74 Å². The lowest BCUT2D eigenvalue weighted by Crippen LogP contribution is -2.23. The molecule has 0 aromatic carbocycles. The minimum Gasteiger partial charge on any atom is -0.381 e. The quantitative estimate of drug-likeness (QED) is 0.487. The highest BCUT2D eigenvalue weighted by Crippen LogP contribution is 2.31. The number of alkyl halides is 2. The van der Waals surface area contributed by atoms with E-state index in [1.165, 1.54) is 0 Å². The maximum atomic E-state index is 13.4. The molecule has 0 N–H and O–H groups in total. The SMILES string of the molecule is CCOCC(C)(C)CCCCCC(F)(F)C(C)C. The van der Waals surface area contributed by atoms with Crippen LogP contribution in [0.1, 0.15) is 66.7 Å². The smallest absolute Gasteiger partial charge is 0.250 e. The van der Waals surface area contributed by atoms with Crippen LogP contribution in [-0.4, -0.2) is 19.1 Å². The van der Waals surface area contributed by atoms with Crippen molar-refractivity contribution < 1.29 is 13.5 Å². The van der Waals surface area contributed by atoms with E-state index in [4.69, 9.17) is 4.74 Å². The Labute approximate surface area is 111 Å². The van der Waals surface area contributed by atoms with Gasteiger partial charge in [0, 0.05) is 18.9 Å². The second-order valence-electron chi connectivity index (χ2n) is 6.28. The summed E-state index contributed by atoms with van der Waals surface area (Å²) in [6, 6.07) is 0. The summed E-state index contributed by atoms with van der Waals surface area (Å²) in [4.78, 5) is 0. The average molecular weight is 264 g/mol. The molecule has 0 unspecified atom stereocenters. The van der Waals surface area contributed by atoms with Crippen LogP contribution in [0.3, 0.4) is 0 Å². The number of rotatable bonds is 10. The van der Waals surface area contributed by atoms with Gasteiger partial charge in [0.25, 0.3) is 0 Å². The number of unbranched alkanes of at least 4 members (excludes halogenated alkanes) is 2. The van der Waals surface area contributed by atoms with Gasteiger partial charge in [-0.3, -0.25) is 0 Å². The molecule has 110 valence electrons. The summed E-state index contributed by atoms with van der Waals surface area (Å²) in [5.74, 6) is -3.05. The summed E-state index contributed by atoms with van der Waals surface area (Å²) < 4.78 is 32.1. The van der Waals surface area contributed by atoms with Crippen molar-refractivity contribution in [2.75, 3.05) is 13.2 Å². The summed E-state index contributed by atoms with van der Waals surface area (Å²) in [5.41, 5.74) is 0.163. The fourth-order valence-electron chi connectivity index (χ4n) is 1.88. The van der Waals surface area contributed by atoms with Crippen LogP contribution in [0.2, 0.25) is 0 Å². The van der Waals surface area contributed by atoms with Gasteiger partial charge in [0.1, 0.15) is 0 Å². The molecule has 1 nitrogen and oxygen atoms in total. The van der Waals surface area contributed by atoms with Crippen molar-refractivity contribution in [2.45, 2.75) is 72.6 Å². The van der Waals surface area contributed by atoms with E-state index in [1.807, 2.05) is 6.92 Å². The molecule has 0 heterocycles. The Morgan fingerprint density at radius 1 is 1.00 bits per heavy atom. The molecule has 0 aliphatic carbocycles. The summed E-state index contributed by atoms with van der Waals surface area (Å²) in [6.07, 6.45) is 3.58. The van der Waals surface area contributed by atoms with Gasteiger partial charge in [0.05, 0.1) is 6.61 Å². The predicted octanol–water partition coefficient (Wildman–Crippen LogP) is 5.29. The first-order valence-corrected chi connectivity index (χ1v) is 7.17. The Kier molecular flexibility index (Phi) is 8.00. The Hall–Kier alpha value is -0.180. The van der Waals surface area contributed by atoms with Gasteiger partial charge in [0.2, 0.25) is 5.92 Å². The van der Waals surface area contributed by atoms with Crippen molar-refractivity contribution in [2.24, 2.45) is 11.3 Å². The molecular weight excluding hydrogens is 234 g/mol. The lowest BCUT2D eigenvalue weighted by atomic mass is 9.87. The van der Waals surface area contributed by atoms with E-state index in [1.54, 1.807) is 13.8 Å². The van der Waals surface area contributed by atoms with Crippen LogP contribution in [0.25, 0.3) is 0 Å². The first-order chi connectivity index (χ1) is 8.21. The summed E-state index contributed by atoms with van der Waals surface area (Å²) >= 11 is 0. The molecule has 18 heavy (non-hydrogen) atoms. The molecule has 0 radical (unpaired) electrons. The highest BCUT2D eigenvalue weighted by molar-refractivity contribution is 4.71. The zero-order chi connectivity index (χ0) is 14.2. The summed E-state index contributed by atoms with van der Waals surface area (Å²) in [7, 11) is 0. The molecule has 0 spiro atoms. The zero-order valence-electron chi connectivity index (χ0n) is 12.7. The third kappa shape index (κ3) is 8.02. The molecule has 0 rings (SSSR count). The summed E-state index contributed by atoms with van der Waals surface area (Å²) in [5, 5.41) is 0. The van der Waals surface area contributed by atoms with Crippen molar-refractivity contribution in [3.63, 3.8) is 0 Å². The average Bonchev–Trinajstić information content (AvgIpc) is 2.25. The van der Waals surface area contributed by atoms with Crippen LogP contribution >= 0.6 is 0 Å². The second-order valence-corrected chi connectivity index (χ2v) is 6.28. The van der Waals surface area contributed by atoms with E-state index in [0.29, 0.717) is 6.42 Å². The van der Waals surface area contributed by atoms with E-state index in [2.05, 4.69) is 13.8 Å². The van der Waals surface area contributed by atoms with Gasteiger partial charge >= 0.3 is 0 Å².